The van der Waals surface area contributed by atoms with Gasteiger partial charge in [0, 0.05) is 19.2 Å². The Hall–Kier alpha value is -0.910. The summed E-state index contributed by atoms with van der Waals surface area (Å²) >= 11 is 0. The molecular weight excluding hydrogens is 220 g/mol. The molecule has 1 aromatic rings. The molecule has 0 amide bonds. The topological polar surface area (TPSA) is 56.5 Å². The van der Waals surface area contributed by atoms with E-state index >= 15 is 0 Å². The second-order valence-corrected chi connectivity index (χ2v) is 5.42. The van der Waals surface area contributed by atoms with Crippen molar-refractivity contribution in [1.82, 2.24) is 9.78 Å². The highest BCUT2D eigenvalue weighted by molar-refractivity contribution is 5.19. The van der Waals surface area contributed by atoms with Crippen LogP contribution in [0.15, 0.2) is 12.4 Å². The van der Waals surface area contributed by atoms with E-state index < -0.39 is 11.9 Å². The first kappa shape index (κ1) is 11.2. The molecule has 5 nitrogen and oxygen atoms in total. The molecule has 17 heavy (non-hydrogen) atoms. The van der Waals surface area contributed by atoms with Gasteiger partial charge in [0.25, 0.3) is 0 Å². The van der Waals surface area contributed by atoms with Gasteiger partial charge in [0.1, 0.15) is 6.10 Å². The largest absolute Gasteiger partial charge is 0.390 e. The van der Waals surface area contributed by atoms with Gasteiger partial charge in [-0.05, 0) is 25.8 Å². The van der Waals surface area contributed by atoms with E-state index in [0.29, 0.717) is 6.42 Å². The number of aromatic nitrogens is 2. The Balaban J connectivity index is 1.88. The van der Waals surface area contributed by atoms with Gasteiger partial charge in [-0.1, -0.05) is 0 Å². The Morgan fingerprint density at radius 1 is 1.41 bits per heavy atom. The average molecular weight is 238 g/mol. The minimum Gasteiger partial charge on any atom is -0.390 e. The van der Waals surface area contributed by atoms with E-state index in [1.807, 2.05) is 33.3 Å². The van der Waals surface area contributed by atoms with Crippen LogP contribution >= 0.6 is 0 Å². The summed E-state index contributed by atoms with van der Waals surface area (Å²) in [4.78, 5) is 0. The molecule has 0 radical (unpaired) electrons. The van der Waals surface area contributed by atoms with Crippen molar-refractivity contribution in [1.29, 1.82) is 0 Å². The number of nitrogens with zero attached hydrogens (tertiary/aromatic N) is 2. The van der Waals surface area contributed by atoms with Crippen LogP contribution in [0.5, 0.6) is 0 Å². The Morgan fingerprint density at radius 3 is 2.76 bits per heavy atom. The summed E-state index contributed by atoms with van der Waals surface area (Å²) in [7, 11) is 1.89. The summed E-state index contributed by atoms with van der Waals surface area (Å²) in [6.45, 7) is 3.77. The lowest BCUT2D eigenvalue weighted by molar-refractivity contribution is -0.163. The highest BCUT2D eigenvalue weighted by atomic mass is 16.8. The summed E-state index contributed by atoms with van der Waals surface area (Å²) in [5.74, 6) is -0.428. The van der Waals surface area contributed by atoms with Gasteiger partial charge in [0.2, 0.25) is 0 Å². The number of ether oxygens (including phenoxy) is 2. The number of aliphatic hydroxyl groups excluding tert-OH is 1. The maximum atomic E-state index is 10.0. The summed E-state index contributed by atoms with van der Waals surface area (Å²) in [6, 6.07) is 0. The SMILES string of the molecule is Cn1cc([C@H]2C[C@H](O)[C@@H]3OC(C)(C)O[C@@H]32)cn1. The highest BCUT2D eigenvalue weighted by Gasteiger charge is 2.54. The lowest BCUT2D eigenvalue weighted by atomic mass is 9.99. The van der Waals surface area contributed by atoms with Crippen LogP contribution in [0.2, 0.25) is 0 Å². The first-order valence-electron chi connectivity index (χ1n) is 5.98. The minimum atomic E-state index is -0.600. The van der Waals surface area contributed by atoms with Crippen molar-refractivity contribution in [2.24, 2.45) is 7.05 Å². The fourth-order valence-corrected chi connectivity index (χ4v) is 2.91. The molecule has 2 fully saturated rings. The van der Waals surface area contributed by atoms with Crippen molar-refractivity contribution in [3.05, 3.63) is 18.0 Å². The van der Waals surface area contributed by atoms with E-state index in [2.05, 4.69) is 5.10 Å². The van der Waals surface area contributed by atoms with E-state index in [-0.39, 0.29) is 18.1 Å². The Morgan fingerprint density at radius 2 is 2.12 bits per heavy atom. The normalized spacial score (nSPS) is 39.5. The molecule has 1 aliphatic heterocycles. The lowest BCUT2D eigenvalue weighted by Crippen LogP contribution is -2.28. The molecule has 5 heteroatoms. The van der Waals surface area contributed by atoms with Crippen molar-refractivity contribution >= 4 is 0 Å². The third-order valence-corrected chi connectivity index (χ3v) is 3.59. The number of rotatable bonds is 1. The minimum absolute atomic E-state index is 0.0656. The number of fused-ring (bicyclic) bond motifs is 1. The maximum absolute atomic E-state index is 10.0. The van der Waals surface area contributed by atoms with Crippen molar-refractivity contribution in [2.75, 3.05) is 0 Å². The molecule has 1 N–H and O–H groups in total. The van der Waals surface area contributed by atoms with Gasteiger partial charge in [0.05, 0.1) is 18.4 Å². The molecule has 1 aliphatic carbocycles. The Labute approximate surface area is 100 Å². The Kier molecular flexibility index (Phi) is 2.33. The van der Waals surface area contributed by atoms with Gasteiger partial charge in [-0.3, -0.25) is 4.68 Å². The number of aryl methyl sites for hydroxylation is 1. The van der Waals surface area contributed by atoms with Gasteiger partial charge in [-0.2, -0.15) is 5.10 Å². The van der Waals surface area contributed by atoms with Crippen LogP contribution in [0.3, 0.4) is 0 Å². The zero-order chi connectivity index (χ0) is 12.2. The molecule has 2 aliphatic rings. The summed E-state index contributed by atoms with van der Waals surface area (Å²) in [5, 5.41) is 14.2. The molecule has 0 aromatic carbocycles. The molecule has 3 rings (SSSR count). The van der Waals surface area contributed by atoms with Crippen molar-refractivity contribution < 1.29 is 14.6 Å². The second-order valence-electron chi connectivity index (χ2n) is 5.42. The first-order valence-corrected chi connectivity index (χ1v) is 5.98. The number of aliphatic hydroxyl groups is 1. The quantitative estimate of drug-likeness (QED) is 0.786. The van der Waals surface area contributed by atoms with Crippen LogP contribution in [0.25, 0.3) is 0 Å². The monoisotopic (exact) mass is 238 g/mol. The molecule has 1 saturated heterocycles. The summed E-state index contributed by atoms with van der Waals surface area (Å²) in [6.07, 6.45) is 3.77. The molecule has 4 atom stereocenters. The van der Waals surface area contributed by atoms with E-state index in [1.54, 1.807) is 4.68 Å². The van der Waals surface area contributed by atoms with Gasteiger partial charge in [-0.15, -0.1) is 0 Å². The van der Waals surface area contributed by atoms with Gasteiger partial charge >= 0.3 is 0 Å². The van der Waals surface area contributed by atoms with E-state index in [9.17, 15) is 5.11 Å². The molecule has 94 valence electrons. The van der Waals surface area contributed by atoms with E-state index in [0.717, 1.165) is 5.56 Å². The number of hydrogen-bond donors (Lipinski definition) is 1. The zero-order valence-corrected chi connectivity index (χ0v) is 10.3. The van der Waals surface area contributed by atoms with Crippen molar-refractivity contribution in [3.8, 4) is 0 Å². The molecule has 0 spiro atoms. The van der Waals surface area contributed by atoms with Gasteiger partial charge in [0.15, 0.2) is 5.79 Å². The molecule has 0 unspecified atom stereocenters. The lowest BCUT2D eigenvalue weighted by Gasteiger charge is -2.21. The van der Waals surface area contributed by atoms with Crippen molar-refractivity contribution in [2.45, 2.75) is 50.3 Å². The predicted octanol–water partition coefficient (Wildman–Crippen LogP) is 0.788. The predicted molar refractivity (Wildman–Crippen MR) is 60.4 cm³/mol. The second kappa shape index (κ2) is 3.54. The molecule has 1 aromatic heterocycles. The van der Waals surface area contributed by atoms with Crippen LogP contribution in [0.4, 0.5) is 0 Å². The molecule has 0 bridgehead atoms. The molecule has 2 heterocycles. The average Bonchev–Trinajstić information content (AvgIpc) is 2.84. The highest BCUT2D eigenvalue weighted by Crippen LogP contribution is 2.45. The summed E-state index contributed by atoms with van der Waals surface area (Å²) < 4.78 is 13.4. The third kappa shape index (κ3) is 1.78. The fourth-order valence-electron chi connectivity index (χ4n) is 2.91. The van der Waals surface area contributed by atoms with E-state index in [4.69, 9.17) is 9.47 Å². The van der Waals surface area contributed by atoms with Crippen LogP contribution in [-0.2, 0) is 16.5 Å². The molecular formula is C12H18N2O3. The Bertz CT molecular complexity index is 429. The van der Waals surface area contributed by atoms with E-state index in [1.165, 1.54) is 0 Å². The van der Waals surface area contributed by atoms with Gasteiger partial charge in [-0.25, -0.2) is 0 Å². The summed E-state index contributed by atoms with van der Waals surface area (Å²) in [5.41, 5.74) is 1.11. The van der Waals surface area contributed by atoms with Crippen LogP contribution < -0.4 is 0 Å². The standard InChI is InChI=1S/C12H18N2O3/c1-12(2)16-10-8(4-9(15)11(10)17-12)7-5-13-14(3)6-7/h5-6,8-11,15H,4H2,1-3H3/t8-,9+,10-,11+/m1/s1. The number of hydrogen-bond acceptors (Lipinski definition) is 4. The van der Waals surface area contributed by atoms with Crippen LogP contribution in [-0.4, -0.2) is 39.0 Å². The first-order chi connectivity index (χ1) is 7.96. The molecule has 1 saturated carbocycles. The zero-order valence-electron chi connectivity index (χ0n) is 10.3. The van der Waals surface area contributed by atoms with Gasteiger partial charge < -0.3 is 14.6 Å². The smallest absolute Gasteiger partial charge is 0.163 e. The maximum Gasteiger partial charge on any atom is 0.163 e. The van der Waals surface area contributed by atoms with Crippen molar-refractivity contribution in [3.63, 3.8) is 0 Å². The third-order valence-electron chi connectivity index (χ3n) is 3.59. The van der Waals surface area contributed by atoms with Crippen LogP contribution in [0.1, 0.15) is 31.7 Å². The fraction of sp³-hybridized carbons (Fsp3) is 0.750. The van der Waals surface area contributed by atoms with Crippen LogP contribution in [0, 0.1) is 0 Å².